The number of hydrogen-bond acceptors (Lipinski definition) is 6. The van der Waals surface area contributed by atoms with E-state index >= 15 is 0 Å². The standard InChI is InChI=1S/C23H20N4O4S/c1-3-32(29,30)17-5-7-22(31-16-4-6-21-15(11-16)13-25-26-21)20(12-17)19-10-14(2)27(28)23-18(19)8-9-24-23/h4-13,28H,3H2,1-2H3,(H,25,26). The lowest BCUT2D eigenvalue weighted by molar-refractivity contribution is 0.180. The van der Waals surface area contributed by atoms with Gasteiger partial charge in [-0.05, 0) is 61.0 Å². The molecular formula is C23H20N4O4S. The molecule has 0 saturated heterocycles. The molecule has 0 atom stereocenters. The van der Waals surface area contributed by atoms with E-state index < -0.39 is 9.84 Å². The molecule has 3 heterocycles. The fraction of sp³-hybridized carbons (Fsp3) is 0.130. The highest BCUT2D eigenvalue weighted by molar-refractivity contribution is 7.91. The molecule has 162 valence electrons. The molecule has 0 spiro atoms. The number of aromatic amines is 1. The molecule has 0 saturated carbocycles. The summed E-state index contributed by atoms with van der Waals surface area (Å²) >= 11 is 0. The summed E-state index contributed by atoms with van der Waals surface area (Å²) in [5.41, 5.74) is 3.43. The van der Waals surface area contributed by atoms with E-state index in [1.807, 2.05) is 18.2 Å². The van der Waals surface area contributed by atoms with Crippen LogP contribution in [0.2, 0.25) is 0 Å². The maximum atomic E-state index is 12.6. The van der Waals surface area contributed by atoms with Crippen LogP contribution in [0.25, 0.3) is 33.4 Å². The molecule has 3 aromatic rings. The van der Waals surface area contributed by atoms with Gasteiger partial charge in [0.1, 0.15) is 11.5 Å². The van der Waals surface area contributed by atoms with Gasteiger partial charge in [0.15, 0.2) is 15.7 Å². The Kier molecular flexibility index (Phi) is 4.63. The highest BCUT2D eigenvalue weighted by atomic mass is 32.2. The first-order chi connectivity index (χ1) is 15.4. The van der Waals surface area contributed by atoms with Crippen LogP contribution in [0.5, 0.6) is 11.5 Å². The van der Waals surface area contributed by atoms with Crippen LogP contribution in [0.4, 0.5) is 0 Å². The van der Waals surface area contributed by atoms with E-state index in [2.05, 4.69) is 15.2 Å². The van der Waals surface area contributed by atoms with E-state index in [9.17, 15) is 13.6 Å². The fourth-order valence-corrected chi connectivity index (χ4v) is 4.63. The highest BCUT2D eigenvalue weighted by Gasteiger charge is 2.22. The molecule has 9 heteroatoms. The normalized spacial score (nSPS) is 11.9. The number of pyridine rings is 1. The van der Waals surface area contributed by atoms with Gasteiger partial charge in [0.25, 0.3) is 0 Å². The van der Waals surface area contributed by atoms with Gasteiger partial charge in [-0.3, -0.25) is 5.10 Å². The molecule has 0 aliphatic carbocycles. The third-order valence-corrected chi connectivity index (χ3v) is 7.21. The summed E-state index contributed by atoms with van der Waals surface area (Å²) in [6, 6.07) is 13.9. The van der Waals surface area contributed by atoms with Crippen LogP contribution in [0, 0.1) is 6.92 Å². The number of rotatable bonds is 5. The van der Waals surface area contributed by atoms with Gasteiger partial charge in [-0.2, -0.15) is 9.83 Å². The number of sulfone groups is 1. The average molecular weight is 449 g/mol. The minimum Gasteiger partial charge on any atom is -0.457 e. The third-order valence-electron chi connectivity index (χ3n) is 5.48. The van der Waals surface area contributed by atoms with Crippen LogP contribution < -0.4 is 4.74 Å². The molecular weight excluding hydrogens is 428 g/mol. The van der Waals surface area contributed by atoms with Gasteiger partial charge in [-0.15, -0.1) is 0 Å². The molecule has 8 nitrogen and oxygen atoms in total. The smallest absolute Gasteiger partial charge is 0.178 e. The first-order valence-corrected chi connectivity index (χ1v) is 11.7. The number of aromatic nitrogens is 4. The number of benzene rings is 2. The maximum absolute atomic E-state index is 12.6. The Bertz CT molecular complexity index is 1540. The van der Waals surface area contributed by atoms with Crippen LogP contribution in [0.3, 0.4) is 0 Å². The van der Waals surface area contributed by atoms with Crippen LogP contribution in [-0.4, -0.2) is 39.3 Å². The Morgan fingerprint density at radius 3 is 2.72 bits per heavy atom. The first kappa shape index (κ1) is 20.1. The monoisotopic (exact) mass is 448 g/mol. The van der Waals surface area contributed by atoms with Gasteiger partial charge in [0.2, 0.25) is 0 Å². The van der Waals surface area contributed by atoms with E-state index in [1.165, 1.54) is 0 Å². The van der Waals surface area contributed by atoms with Crippen LogP contribution in [0.15, 0.2) is 65.8 Å². The van der Waals surface area contributed by atoms with Gasteiger partial charge < -0.3 is 9.94 Å². The minimum atomic E-state index is -3.44. The maximum Gasteiger partial charge on any atom is 0.178 e. The lowest BCUT2D eigenvalue weighted by atomic mass is 9.98. The Balaban J connectivity index is 1.71. The van der Waals surface area contributed by atoms with Crippen molar-refractivity contribution in [1.29, 1.82) is 0 Å². The van der Waals surface area contributed by atoms with Crippen molar-refractivity contribution in [3.63, 3.8) is 0 Å². The molecule has 0 bridgehead atoms. The van der Waals surface area contributed by atoms with Crippen molar-refractivity contribution in [3.8, 4) is 34.0 Å². The zero-order valence-corrected chi connectivity index (χ0v) is 18.2. The third kappa shape index (κ3) is 3.27. The molecule has 0 radical (unpaired) electrons. The molecule has 0 unspecified atom stereocenters. The second kappa shape index (κ2) is 7.38. The molecule has 0 amide bonds. The van der Waals surface area contributed by atoms with Gasteiger partial charge in [0.05, 0.1) is 28.1 Å². The van der Waals surface area contributed by atoms with Crippen molar-refractivity contribution in [2.45, 2.75) is 18.7 Å². The lowest BCUT2D eigenvalue weighted by Crippen LogP contribution is -2.06. The minimum absolute atomic E-state index is 0.0123. The number of ether oxygens (including phenoxy) is 1. The van der Waals surface area contributed by atoms with Crippen LogP contribution >= 0.6 is 0 Å². The predicted octanol–water partition coefficient (Wildman–Crippen LogP) is 4.66. The predicted molar refractivity (Wildman–Crippen MR) is 120 cm³/mol. The Morgan fingerprint density at radius 2 is 1.91 bits per heavy atom. The molecule has 5 rings (SSSR count). The van der Waals surface area contributed by atoms with E-state index in [0.717, 1.165) is 15.6 Å². The van der Waals surface area contributed by atoms with Gasteiger partial charge in [-0.25, -0.2) is 13.4 Å². The Labute approximate surface area is 184 Å². The first-order valence-electron chi connectivity index (χ1n) is 10.0. The molecule has 0 fully saturated rings. The summed E-state index contributed by atoms with van der Waals surface area (Å²) in [5, 5.41) is 18.2. The van der Waals surface area contributed by atoms with E-state index in [0.29, 0.717) is 39.7 Å². The highest BCUT2D eigenvalue weighted by Crippen LogP contribution is 2.41. The molecule has 32 heavy (non-hydrogen) atoms. The molecule has 2 N–H and O–H groups in total. The zero-order valence-electron chi connectivity index (χ0n) is 17.4. The number of hydrogen-bond donors (Lipinski definition) is 2. The largest absolute Gasteiger partial charge is 0.457 e. The summed E-state index contributed by atoms with van der Waals surface area (Å²) in [6.07, 6.45) is 3.31. The van der Waals surface area contributed by atoms with Gasteiger partial charge in [0, 0.05) is 22.7 Å². The number of nitrogens with one attached hydrogen (secondary N) is 1. The average Bonchev–Trinajstić information content (AvgIpc) is 3.46. The Morgan fingerprint density at radius 1 is 1.06 bits per heavy atom. The Hall–Kier alpha value is -3.85. The summed E-state index contributed by atoms with van der Waals surface area (Å²) in [4.78, 5) is 4.45. The second-order valence-electron chi connectivity index (χ2n) is 7.48. The summed E-state index contributed by atoms with van der Waals surface area (Å²) in [5.74, 6) is 1.45. The lowest BCUT2D eigenvalue weighted by Gasteiger charge is -2.18. The molecule has 2 aliphatic heterocycles. The summed E-state index contributed by atoms with van der Waals surface area (Å²) in [7, 11) is -3.44. The molecule has 2 aliphatic rings. The van der Waals surface area contributed by atoms with E-state index in [1.54, 1.807) is 56.6 Å². The number of aryl methyl sites for hydroxylation is 1. The van der Waals surface area contributed by atoms with Crippen molar-refractivity contribution in [2.75, 3.05) is 5.75 Å². The van der Waals surface area contributed by atoms with Crippen molar-refractivity contribution in [2.24, 2.45) is 0 Å². The summed E-state index contributed by atoms with van der Waals surface area (Å²) in [6.45, 7) is 3.36. The fourth-order valence-electron chi connectivity index (χ4n) is 3.72. The van der Waals surface area contributed by atoms with Crippen molar-refractivity contribution in [3.05, 3.63) is 66.6 Å². The van der Waals surface area contributed by atoms with Crippen LogP contribution in [0.1, 0.15) is 12.6 Å². The van der Waals surface area contributed by atoms with E-state index in [4.69, 9.17) is 4.74 Å². The quantitative estimate of drug-likeness (QED) is 0.378. The number of nitrogens with zero attached hydrogens (tertiary/aromatic N) is 3. The van der Waals surface area contributed by atoms with Crippen LogP contribution in [-0.2, 0) is 9.84 Å². The number of H-pyrrole nitrogens is 1. The molecule has 2 aromatic carbocycles. The van der Waals surface area contributed by atoms with Crippen molar-refractivity contribution < 1.29 is 18.4 Å². The summed E-state index contributed by atoms with van der Waals surface area (Å²) < 4.78 is 32.4. The number of fused-ring (bicyclic) bond motifs is 2. The van der Waals surface area contributed by atoms with Crippen molar-refractivity contribution >= 4 is 20.7 Å². The van der Waals surface area contributed by atoms with Gasteiger partial charge >= 0.3 is 0 Å². The second-order valence-corrected chi connectivity index (χ2v) is 9.75. The molecule has 1 aromatic heterocycles. The zero-order chi connectivity index (χ0) is 22.5. The van der Waals surface area contributed by atoms with Crippen molar-refractivity contribution in [1.82, 2.24) is 19.9 Å². The van der Waals surface area contributed by atoms with E-state index in [-0.39, 0.29) is 10.6 Å². The van der Waals surface area contributed by atoms with Gasteiger partial charge in [-0.1, -0.05) is 6.92 Å². The topological polar surface area (TPSA) is 110 Å². The SMILES string of the molecule is CCS(=O)(=O)c1ccc(Oc2ccc3[nH]ncc3c2)c(-c2cc(C)n(O)c3nccc2-3)c1.